The molecule has 0 aliphatic carbocycles. The number of primary amides is 1. The minimum atomic E-state index is -0.232. The zero-order valence-corrected chi connectivity index (χ0v) is 15.1. The fourth-order valence-corrected chi connectivity index (χ4v) is 4.38. The molecule has 136 valence electrons. The Balaban J connectivity index is 1.71. The van der Waals surface area contributed by atoms with Crippen LogP contribution in [-0.4, -0.2) is 54.3 Å². The highest BCUT2D eigenvalue weighted by atomic mass is 16.2. The smallest absolute Gasteiger partial charge is 0.230 e. The predicted octanol–water partition coefficient (Wildman–Crippen LogP) is 1.98. The van der Waals surface area contributed by atoms with Crippen LogP contribution in [0, 0.1) is 5.41 Å². The lowest BCUT2D eigenvalue weighted by molar-refractivity contribution is -0.141. The molecule has 1 spiro atoms. The van der Waals surface area contributed by atoms with Gasteiger partial charge in [-0.1, -0.05) is 30.3 Å². The Kier molecular flexibility index (Phi) is 5.42. The number of hydrogen-bond acceptors (Lipinski definition) is 3. The number of amides is 2. The number of carbonyl (C=O) groups is 2. The topological polar surface area (TPSA) is 66.6 Å². The van der Waals surface area contributed by atoms with E-state index in [9.17, 15) is 9.59 Å². The third-order valence-corrected chi connectivity index (χ3v) is 5.95. The van der Waals surface area contributed by atoms with Crippen LogP contribution < -0.4 is 5.73 Å². The number of piperidine rings is 2. The van der Waals surface area contributed by atoms with Gasteiger partial charge in [-0.2, -0.15) is 0 Å². The zero-order chi connectivity index (χ0) is 17.9. The first-order chi connectivity index (χ1) is 12.0. The number of likely N-dealkylation sites (N-methyl/N-ethyl adjacent to an activating group) is 1. The average molecular weight is 343 g/mol. The number of rotatable bonds is 5. The van der Waals surface area contributed by atoms with Crippen molar-refractivity contribution in [3.63, 3.8) is 0 Å². The lowest BCUT2D eigenvalue weighted by Crippen LogP contribution is -2.54. The monoisotopic (exact) mass is 343 g/mol. The summed E-state index contributed by atoms with van der Waals surface area (Å²) < 4.78 is 0. The van der Waals surface area contributed by atoms with E-state index in [1.54, 1.807) is 0 Å². The van der Waals surface area contributed by atoms with E-state index in [2.05, 4.69) is 24.0 Å². The molecule has 0 unspecified atom stereocenters. The van der Waals surface area contributed by atoms with Gasteiger partial charge in [-0.05, 0) is 50.3 Å². The van der Waals surface area contributed by atoms with Gasteiger partial charge in [0.1, 0.15) is 0 Å². The molecule has 1 aromatic carbocycles. The second kappa shape index (κ2) is 7.56. The van der Waals surface area contributed by atoms with Crippen molar-refractivity contribution in [1.29, 1.82) is 0 Å². The minimum Gasteiger partial charge on any atom is -0.370 e. The molecular formula is C20H29N3O2. The van der Waals surface area contributed by atoms with E-state index >= 15 is 0 Å². The van der Waals surface area contributed by atoms with Crippen molar-refractivity contribution in [2.24, 2.45) is 11.1 Å². The molecule has 0 aromatic heterocycles. The van der Waals surface area contributed by atoms with Gasteiger partial charge in [0.15, 0.2) is 0 Å². The van der Waals surface area contributed by atoms with Crippen LogP contribution in [0.25, 0.3) is 0 Å². The summed E-state index contributed by atoms with van der Waals surface area (Å²) in [6, 6.07) is 10.2. The lowest BCUT2D eigenvalue weighted by Gasteiger charge is -2.49. The first-order valence-electron chi connectivity index (χ1n) is 9.37. The molecule has 2 fully saturated rings. The molecule has 2 amide bonds. The van der Waals surface area contributed by atoms with E-state index in [0.29, 0.717) is 6.42 Å². The summed E-state index contributed by atoms with van der Waals surface area (Å²) in [6.45, 7) is 6.44. The molecule has 25 heavy (non-hydrogen) atoms. The summed E-state index contributed by atoms with van der Waals surface area (Å²) in [5.41, 5.74) is 6.61. The summed E-state index contributed by atoms with van der Waals surface area (Å²) in [5.74, 6) is 0.0207. The Labute approximate surface area is 150 Å². The van der Waals surface area contributed by atoms with Gasteiger partial charge in [-0.25, -0.2) is 0 Å². The molecule has 5 heteroatoms. The lowest BCUT2D eigenvalue weighted by atomic mass is 9.67. The van der Waals surface area contributed by atoms with Gasteiger partial charge in [0.2, 0.25) is 11.8 Å². The van der Waals surface area contributed by atoms with E-state index in [0.717, 1.165) is 57.5 Å². The minimum absolute atomic E-state index is 0.0212. The van der Waals surface area contributed by atoms with E-state index < -0.39 is 0 Å². The summed E-state index contributed by atoms with van der Waals surface area (Å²) in [6.07, 6.45) is 3.53. The third kappa shape index (κ3) is 4.03. The van der Waals surface area contributed by atoms with Gasteiger partial charge in [-0.3, -0.25) is 9.59 Å². The van der Waals surface area contributed by atoms with Crippen molar-refractivity contribution in [2.45, 2.75) is 38.5 Å². The maximum absolute atomic E-state index is 12.9. The number of hydrogen-bond donors (Lipinski definition) is 1. The number of carbonyl (C=O) groups excluding carboxylic acids is 2. The molecule has 0 saturated carbocycles. The Morgan fingerprint density at radius 3 is 2.52 bits per heavy atom. The van der Waals surface area contributed by atoms with Gasteiger partial charge < -0.3 is 15.5 Å². The van der Waals surface area contributed by atoms with Crippen LogP contribution in [0.3, 0.4) is 0 Å². The molecule has 0 bridgehead atoms. The fraction of sp³-hybridized carbons (Fsp3) is 0.600. The van der Waals surface area contributed by atoms with Crippen LogP contribution in [0.2, 0.25) is 0 Å². The van der Waals surface area contributed by atoms with Crippen LogP contribution in [0.4, 0.5) is 0 Å². The molecular weight excluding hydrogens is 314 g/mol. The molecule has 2 heterocycles. The van der Waals surface area contributed by atoms with Gasteiger partial charge in [-0.15, -0.1) is 0 Å². The molecule has 2 saturated heterocycles. The third-order valence-electron chi connectivity index (χ3n) is 5.95. The quantitative estimate of drug-likeness (QED) is 0.889. The molecule has 3 rings (SSSR count). The van der Waals surface area contributed by atoms with E-state index in [1.807, 2.05) is 23.1 Å². The summed E-state index contributed by atoms with van der Waals surface area (Å²) in [4.78, 5) is 28.3. The normalized spacial score (nSPS) is 23.8. The van der Waals surface area contributed by atoms with Crippen molar-refractivity contribution < 1.29 is 9.59 Å². The van der Waals surface area contributed by atoms with E-state index in [1.165, 1.54) is 0 Å². The number of nitrogens with zero attached hydrogens (tertiary/aromatic N) is 2. The van der Waals surface area contributed by atoms with Gasteiger partial charge in [0.25, 0.3) is 0 Å². The van der Waals surface area contributed by atoms with Gasteiger partial charge in [0.05, 0.1) is 5.92 Å². The molecule has 2 aliphatic rings. The fourth-order valence-electron chi connectivity index (χ4n) is 4.38. The van der Waals surface area contributed by atoms with E-state index in [4.69, 9.17) is 5.73 Å². The first kappa shape index (κ1) is 17.9. The molecule has 1 aromatic rings. The molecule has 0 radical (unpaired) electrons. The largest absolute Gasteiger partial charge is 0.370 e. The van der Waals surface area contributed by atoms with Gasteiger partial charge in [0, 0.05) is 26.1 Å². The standard InChI is InChI=1S/C20H29N3O2/c1-2-23-15-20(9-12-22(13-10-20)11-8-18(21)24)14-17(19(23)25)16-6-4-3-5-7-16/h3-7,17H,2,8-15H2,1H3,(H2,21,24)/t17-/m1/s1. The molecule has 2 aliphatic heterocycles. The van der Waals surface area contributed by atoms with Crippen LogP contribution in [0.15, 0.2) is 30.3 Å². The van der Waals surface area contributed by atoms with E-state index in [-0.39, 0.29) is 23.1 Å². The van der Waals surface area contributed by atoms with Crippen LogP contribution in [-0.2, 0) is 9.59 Å². The predicted molar refractivity (Wildman–Crippen MR) is 98.0 cm³/mol. The maximum atomic E-state index is 12.9. The Bertz CT molecular complexity index is 609. The van der Waals surface area contributed by atoms with Crippen molar-refractivity contribution in [2.75, 3.05) is 32.7 Å². The second-order valence-corrected chi connectivity index (χ2v) is 7.58. The molecule has 1 atom stereocenters. The number of benzene rings is 1. The highest BCUT2D eigenvalue weighted by Crippen LogP contribution is 2.45. The van der Waals surface area contributed by atoms with Gasteiger partial charge >= 0.3 is 0 Å². The second-order valence-electron chi connectivity index (χ2n) is 7.58. The summed E-state index contributed by atoms with van der Waals surface area (Å²) in [7, 11) is 0. The molecule has 2 N–H and O–H groups in total. The maximum Gasteiger partial charge on any atom is 0.230 e. The summed E-state index contributed by atoms with van der Waals surface area (Å²) >= 11 is 0. The average Bonchev–Trinajstić information content (AvgIpc) is 2.64. The Morgan fingerprint density at radius 2 is 1.92 bits per heavy atom. The van der Waals surface area contributed by atoms with Crippen LogP contribution in [0.5, 0.6) is 0 Å². The van der Waals surface area contributed by atoms with Crippen LogP contribution >= 0.6 is 0 Å². The van der Waals surface area contributed by atoms with Crippen molar-refractivity contribution >= 4 is 11.8 Å². The zero-order valence-electron chi connectivity index (χ0n) is 15.1. The SMILES string of the molecule is CCN1CC2(CCN(CCC(N)=O)CC2)C[C@H](c2ccccc2)C1=O. The summed E-state index contributed by atoms with van der Waals surface area (Å²) in [5, 5.41) is 0. The highest BCUT2D eigenvalue weighted by Gasteiger charge is 2.45. The number of likely N-dealkylation sites (tertiary alicyclic amines) is 2. The van der Waals surface area contributed by atoms with Crippen LogP contribution in [0.1, 0.15) is 44.1 Å². The number of nitrogens with two attached hydrogens (primary N) is 1. The highest BCUT2D eigenvalue weighted by molar-refractivity contribution is 5.84. The van der Waals surface area contributed by atoms with Crippen molar-refractivity contribution in [3.8, 4) is 0 Å². The Morgan fingerprint density at radius 1 is 1.24 bits per heavy atom. The van der Waals surface area contributed by atoms with Crippen molar-refractivity contribution in [1.82, 2.24) is 9.80 Å². The Hall–Kier alpha value is -1.88. The van der Waals surface area contributed by atoms with Crippen molar-refractivity contribution in [3.05, 3.63) is 35.9 Å². The first-order valence-corrected chi connectivity index (χ1v) is 9.37. The molecule has 5 nitrogen and oxygen atoms in total.